The van der Waals surface area contributed by atoms with E-state index in [9.17, 15) is 13.2 Å². The molecule has 1 aliphatic rings. The van der Waals surface area contributed by atoms with E-state index in [-0.39, 0.29) is 17.3 Å². The number of carbonyl (C=O) groups excluding carboxylic acids is 1. The first kappa shape index (κ1) is 26.2. The molecule has 7 heteroatoms. The summed E-state index contributed by atoms with van der Waals surface area (Å²) in [6.45, 7) is 10.5. The Labute approximate surface area is 205 Å². The number of nitrogens with zero attached hydrogens (tertiary/aromatic N) is 2. The molecule has 1 fully saturated rings. The van der Waals surface area contributed by atoms with Crippen molar-refractivity contribution < 1.29 is 13.2 Å². The Morgan fingerprint density at radius 2 is 1.79 bits per heavy atom. The number of carbonyl (C=O) groups is 1. The lowest BCUT2D eigenvalue weighted by Crippen LogP contribution is -2.43. The van der Waals surface area contributed by atoms with Crippen LogP contribution in [0.1, 0.15) is 55.7 Å². The van der Waals surface area contributed by atoms with Crippen LogP contribution in [-0.4, -0.2) is 51.4 Å². The van der Waals surface area contributed by atoms with Crippen molar-refractivity contribution >= 4 is 21.6 Å². The van der Waals surface area contributed by atoms with Crippen LogP contribution in [0.15, 0.2) is 47.4 Å². The normalized spacial score (nSPS) is 16.9. The summed E-state index contributed by atoms with van der Waals surface area (Å²) in [5.74, 6) is -0.292. The second-order valence-electron chi connectivity index (χ2n) is 9.39. The van der Waals surface area contributed by atoms with Crippen LogP contribution >= 0.6 is 0 Å². The Hall–Kier alpha value is -2.38. The summed E-state index contributed by atoms with van der Waals surface area (Å²) in [6, 6.07) is 12.9. The molecule has 1 aliphatic heterocycles. The molecule has 3 rings (SSSR count). The molecule has 0 aromatic heterocycles. The first-order valence-corrected chi connectivity index (χ1v) is 13.8. The van der Waals surface area contributed by atoms with E-state index >= 15 is 0 Å². The molecule has 0 radical (unpaired) electrons. The lowest BCUT2D eigenvalue weighted by molar-refractivity contribution is -0.119. The maximum absolute atomic E-state index is 13.5. The van der Waals surface area contributed by atoms with Crippen LogP contribution in [0.3, 0.4) is 0 Å². The van der Waals surface area contributed by atoms with Crippen LogP contribution in [-0.2, 0) is 14.8 Å². The molecule has 6 nitrogen and oxygen atoms in total. The highest BCUT2D eigenvalue weighted by Gasteiger charge is 2.27. The third-order valence-corrected chi connectivity index (χ3v) is 8.63. The average molecular weight is 486 g/mol. The molecule has 0 aliphatic carbocycles. The molecule has 1 heterocycles. The Kier molecular flexibility index (Phi) is 9.14. The van der Waals surface area contributed by atoms with Crippen molar-refractivity contribution in [3.05, 3.63) is 59.2 Å². The SMILES string of the molecule is CCC1CCCCN1CCCNC(=O)CN(c1ccc(C)c(C)c1)S(=O)(=O)c1ccc(C)cc1. The second kappa shape index (κ2) is 11.8. The van der Waals surface area contributed by atoms with Crippen molar-refractivity contribution in [3.63, 3.8) is 0 Å². The molecule has 1 saturated heterocycles. The summed E-state index contributed by atoms with van der Waals surface area (Å²) in [6.07, 6.45) is 5.82. The molecule has 0 saturated carbocycles. The van der Waals surface area contributed by atoms with Gasteiger partial charge in [0.05, 0.1) is 10.6 Å². The van der Waals surface area contributed by atoms with E-state index in [0.717, 1.165) is 42.6 Å². The summed E-state index contributed by atoms with van der Waals surface area (Å²) in [5, 5.41) is 2.94. The zero-order valence-electron chi connectivity index (χ0n) is 21.0. The Bertz CT molecular complexity index is 1070. The standard InChI is InChI=1S/C27H39N3O3S/c1-5-24-9-6-7-17-29(24)18-8-16-28-27(31)20-30(25-13-12-22(3)23(4)19-25)34(32,33)26-14-10-21(2)11-15-26/h10-15,19,24H,5-9,16-18,20H2,1-4H3,(H,28,31). The van der Waals surface area contributed by atoms with Crippen molar-refractivity contribution in [1.82, 2.24) is 10.2 Å². The molecule has 1 unspecified atom stereocenters. The molecule has 1 N–H and O–H groups in total. The fourth-order valence-corrected chi connectivity index (χ4v) is 5.96. The summed E-state index contributed by atoms with van der Waals surface area (Å²) in [5.41, 5.74) is 3.53. The van der Waals surface area contributed by atoms with E-state index in [2.05, 4.69) is 17.1 Å². The molecule has 1 atom stereocenters. The monoisotopic (exact) mass is 485 g/mol. The third kappa shape index (κ3) is 6.60. The number of hydrogen-bond acceptors (Lipinski definition) is 4. The number of anilines is 1. The maximum atomic E-state index is 13.5. The topological polar surface area (TPSA) is 69.7 Å². The van der Waals surface area contributed by atoms with E-state index in [1.54, 1.807) is 30.3 Å². The van der Waals surface area contributed by atoms with Crippen LogP contribution in [0.2, 0.25) is 0 Å². The van der Waals surface area contributed by atoms with Crippen molar-refractivity contribution in [3.8, 4) is 0 Å². The van der Waals surface area contributed by atoms with Crippen molar-refractivity contribution in [2.24, 2.45) is 0 Å². The highest BCUT2D eigenvalue weighted by Crippen LogP contribution is 2.26. The van der Waals surface area contributed by atoms with E-state index in [0.29, 0.717) is 18.3 Å². The zero-order chi connectivity index (χ0) is 24.7. The van der Waals surface area contributed by atoms with Crippen molar-refractivity contribution in [1.29, 1.82) is 0 Å². The molecule has 0 spiro atoms. The van der Waals surface area contributed by atoms with E-state index in [1.807, 2.05) is 32.9 Å². The van der Waals surface area contributed by atoms with Crippen LogP contribution in [0.25, 0.3) is 0 Å². The predicted octanol–water partition coefficient (Wildman–Crippen LogP) is 4.58. The van der Waals surface area contributed by atoms with Crippen LogP contribution in [0.5, 0.6) is 0 Å². The van der Waals surface area contributed by atoms with Gasteiger partial charge in [0.15, 0.2) is 0 Å². The Morgan fingerprint density at radius 1 is 1.06 bits per heavy atom. The smallest absolute Gasteiger partial charge is 0.264 e. The minimum absolute atomic E-state index is 0.180. The average Bonchev–Trinajstić information content (AvgIpc) is 2.82. The summed E-state index contributed by atoms with van der Waals surface area (Å²) in [7, 11) is -3.89. The Morgan fingerprint density at radius 3 is 2.47 bits per heavy atom. The quantitative estimate of drug-likeness (QED) is 0.500. The summed E-state index contributed by atoms with van der Waals surface area (Å²) >= 11 is 0. The Balaban J connectivity index is 1.69. The molecule has 2 aromatic carbocycles. The minimum Gasteiger partial charge on any atom is -0.354 e. The molecule has 2 aromatic rings. The molecular formula is C27H39N3O3S. The summed E-state index contributed by atoms with van der Waals surface area (Å²) < 4.78 is 28.3. The van der Waals surface area contributed by atoms with Gasteiger partial charge in [-0.1, -0.05) is 37.1 Å². The fourth-order valence-electron chi connectivity index (χ4n) is 4.55. The molecule has 34 heavy (non-hydrogen) atoms. The first-order valence-electron chi connectivity index (χ1n) is 12.4. The first-order chi connectivity index (χ1) is 16.2. The molecule has 1 amide bonds. The molecule has 0 bridgehead atoms. The number of likely N-dealkylation sites (tertiary alicyclic amines) is 1. The van der Waals surface area contributed by atoms with Gasteiger partial charge in [0.25, 0.3) is 10.0 Å². The van der Waals surface area contributed by atoms with Crippen LogP contribution < -0.4 is 9.62 Å². The number of rotatable bonds is 10. The van der Waals surface area contributed by atoms with Crippen molar-refractivity contribution in [2.45, 2.75) is 70.7 Å². The van der Waals surface area contributed by atoms with Crippen LogP contribution in [0.4, 0.5) is 5.69 Å². The summed E-state index contributed by atoms with van der Waals surface area (Å²) in [4.78, 5) is 15.6. The second-order valence-corrected chi connectivity index (χ2v) is 11.3. The lowest BCUT2D eigenvalue weighted by atomic mass is 10.00. The van der Waals surface area contributed by atoms with Gasteiger partial charge in [-0.2, -0.15) is 0 Å². The number of benzene rings is 2. The van der Waals surface area contributed by atoms with Gasteiger partial charge in [0.2, 0.25) is 5.91 Å². The number of amides is 1. The fraction of sp³-hybridized carbons (Fsp3) is 0.519. The van der Waals surface area contributed by atoms with E-state index in [1.165, 1.54) is 23.6 Å². The van der Waals surface area contributed by atoms with E-state index < -0.39 is 10.0 Å². The highest BCUT2D eigenvalue weighted by molar-refractivity contribution is 7.92. The lowest BCUT2D eigenvalue weighted by Gasteiger charge is -2.35. The number of aryl methyl sites for hydroxylation is 3. The third-order valence-electron chi connectivity index (χ3n) is 6.84. The van der Waals surface area contributed by atoms with Gasteiger partial charge < -0.3 is 10.2 Å². The molecular weight excluding hydrogens is 446 g/mol. The van der Waals surface area contributed by atoms with Gasteiger partial charge in [0, 0.05) is 19.1 Å². The molecule has 186 valence electrons. The number of piperidine rings is 1. The van der Waals surface area contributed by atoms with Gasteiger partial charge in [-0.05, 0) is 88.4 Å². The predicted molar refractivity (Wildman–Crippen MR) is 139 cm³/mol. The van der Waals surface area contributed by atoms with Crippen molar-refractivity contribution in [2.75, 3.05) is 30.5 Å². The number of nitrogens with one attached hydrogen (secondary N) is 1. The number of sulfonamides is 1. The van der Waals surface area contributed by atoms with Gasteiger partial charge in [-0.25, -0.2) is 8.42 Å². The highest BCUT2D eigenvalue weighted by atomic mass is 32.2. The van der Waals surface area contributed by atoms with Gasteiger partial charge in [-0.15, -0.1) is 0 Å². The van der Waals surface area contributed by atoms with Gasteiger partial charge >= 0.3 is 0 Å². The zero-order valence-corrected chi connectivity index (χ0v) is 21.8. The minimum atomic E-state index is -3.89. The van der Waals surface area contributed by atoms with Gasteiger partial charge in [0.1, 0.15) is 6.54 Å². The maximum Gasteiger partial charge on any atom is 0.264 e. The largest absolute Gasteiger partial charge is 0.354 e. The van der Waals surface area contributed by atoms with E-state index in [4.69, 9.17) is 0 Å². The van der Waals surface area contributed by atoms with Crippen LogP contribution in [0, 0.1) is 20.8 Å². The number of hydrogen-bond donors (Lipinski definition) is 1. The van der Waals surface area contributed by atoms with Gasteiger partial charge in [-0.3, -0.25) is 9.10 Å².